The number of likely N-dealkylation sites (N-methyl/N-ethyl adjacent to an activating group) is 1. The van der Waals surface area contributed by atoms with Gasteiger partial charge >= 0.3 is 0 Å². The standard InChI is InChI=1S/C17H21FN4O3/c1-11-19-17(25-20-11)14-10-22(7-6-21(14)2)16(23)9-12-4-5-15(24-3)13(18)8-12/h4-5,8,14H,6-7,9-10H2,1-3H3. The minimum absolute atomic E-state index is 0.0566. The summed E-state index contributed by atoms with van der Waals surface area (Å²) in [6, 6.07) is 4.44. The second-order valence-electron chi connectivity index (χ2n) is 6.16. The predicted octanol–water partition coefficient (Wildman–Crippen LogP) is 1.58. The molecule has 1 aliphatic rings. The number of halogens is 1. The fraction of sp³-hybridized carbons (Fsp3) is 0.471. The van der Waals surface area contributed by atoms with Crippen LogP contribution < -0.4 is 4.74 Å². The molecule has 1 aliphatic heterocycles. The van der Waals surface area contributed by atoms with Crippen LogP contribution in [0, 0.1) is 12.7 Å². The number of nitrogens with zero attached hydrogens (tertiary/aromatic N) is 4. The highest BCUT2D eigenvalue weighted by molar-refractivity contribution is 5.79. The number of hydrogen-bond acceptors (Lipinski definition) is 6. The molecule has 1 atom stereocenters. The molecule has 3 rings (SSSR count). The third-order valence-corrected chi connectivity index (χ3v) is 4.40. The van der Waals surface area contributed by atoms with Gasteiger partial charge in [-0.2, -0.15) is 4.98 Å². The topological polar surface area (TPSA) is 71.7 Å². The molecule has 7 nitrogen and oxygen atoms in total. The lowest BCUT2D eigenvalue weighted by Gasteiger charge is -2.37. The van der Waals surface area contributed by atoms with Crippen molar-refractivity contribution >= 4 is 5.91 Å². The average Bonchev–Trinajstić information content (AvgIpc) is 3.01. The Morgan fingerprint density at radius 3 is 2.88 bits per heavy atom. The highest BCUT2D eigenvalue weighted by Gasteiger charge is 2.32. The summed E-state index contributed by atoms with van der Waals surface area (Å²) < 4.78 is 24.0. The molecule has 1 unspecified atom stereocenters. The van der Waals surface area contributed by atoms with Crippen molar-refractivity contribution in [3.05, 3.63) is 41.3 Å². The molecule has 2 heterocycles. The number of carbonyl (C=O) groups is 1. The number of aryl methyl sites for hydroxylation is 1. The van der Waals surface area contributed by atoms with Crippen LogP contribution in [0.2, 0.25) is 0 Å². The molecule has 1 aromatic carbocycles. The molecule has 2 aromatic rings. The van der Waals surface area contributed by atoms with Crippen molar-refractivity contribution in [2.75, 3.05) is 33.8 Å². The Morgan fingerprint density at radius 1 is 1.44 bits per heavy atom. The van der Waals surface area contributed by atoms with E-state index < -0.39 is 5.82 Å². The van der Waals surface area contributed by atoms with Crippen LogP contribution in [0.15, 0.2) is 22.7 Å². The van der Waals surface area contributed by atoms with Gasteiger partial charge in [0.25, 0.3) is 0 Å². The van der Waals surface area contributed by atoms with E-state index >= 15 is 0 Å². The molecule has 1 fully saturated rings. The van der Waals surface area contributed by atoms with Crippen LogP contribution in [-0.2, 0) is 11.2 Å². The number of benzene rings is 1. The lowest BCUT2D eigenvalue weighted by atomic mass is 10.1. The van der Waals surface area contributed by atoms with Crippen LogP contribution in [0.5, 0.6) is 5.75 Å². The van der Waals surface area contributed by atoms with Gasteiger partial charge < -0.3 is 14.2 Å². The summed E-state index contributed by atoms with van der Waals surface area (Å²) in [5.74, 6) is 0.723. The van der Waals surface area contributed by atoms with Crippen molar-refractivity contribution in [2.45, 2.75) is 19.4 Å². The number of methoxy groups -OCH3 is 1. The van der Waals surface area contributed by atoms with Crippen LogP contribution in [0.25, 0.3) is 0 Å². The van der Waals surface area contributed by atoms with E-state index in [1.807, 2.05) is 7.05 Å². The highest BCUT2D eigenvalue weighted by Crippen LogP contribution is 2.24. The van der Waals surface area contributed by atoms with Crippen LogP contribution in [0.3, 0.4) is 0 Å². The molecule has 0 bridgehead atoms. The van der Waals surface area contributed by atoms with Crippen molar-refractivity contribution in [1.82, 2.24) is 19.9 Å². The molecule has 0 saturated carbocycles. The minimum Gasteiger partial charge on any atom is -0.494 e. The summed E-state index contributed by atoms with van der Waals surface area (Å²) in [5.41, 5.74) is 0.618. The van der Waals surface area contributed by atoms with E-state index in [1.165, 1.54) is 19.2 Å². The smallest absolute Gasteiger partial charge is 0.245 e. The normalized spacial score (nSPS) is 18.4. The van der Waals surface area contributed by atoms with Crippen molar-refractivity contribution in [3.8, 4) is 5.75 Å². The lowest BCUT2D eigenvalue weighted by Crippen LogP contribution is -2.49. The molecule has 1 saturated heterocycles. The van der Waals surface area contributed by atoms with Gasteiger partial charge in [0.2, 0.25) is 11.8 Å². The second-order valence-corrected chi connectivity index (χ2v) is 6.16. The quantitative estimate of drug-likeness (QED) is 0.835. The van der Waals surface area contributed by atoms with Gasteiger partial charge in [-0.05, 0) is 31.7 Å². The van der Waals surface area contributed by atoms with Crippen LogP contribution in [-0.4, -0.2) is 59.6 Å². The SMILES string of the molecule is COc1ccc(CC(=O)N2CCN(C)C(c3nc(C)no3)C2)cc1F. The Balaban J connectivity index is 1.68. The summed E-state index contributed by atoms with van der Waals surface area (Å²) in [7, 11) is 3.37. The van der Waals surface area contributed by atoms with Crippen molar-refractivity contribution in [1.29, 1.82) is 0 Å². The lowest BCUT2D eigenvalue weighted by molar-refractivity contribution is -0.133. The molecule has 8 heteroatoms. The number of hydrogen-bond donors (Lipinski definition) is 0. The van der Waals surface area contributed by atoms with Gasteiger partial charge in [-0.25, -0.2) is 4.39 Å². The van der Waals surface area contributed by atoms with E-state index in [0.29, 0.717) is 36.9 Å². The van der Waals surface area contributed by atoms with Crippen molar-refractivity contribution < 1.29 is 18.4 Å². The maximum Gasteiger partial charge on any atom is 0.245 e. The number of aromatic nitrogens is 2. The maximum absolute atomic E-state index is 13.8. The van der Waals surface area contributed by atoms with Crippen molar-refractivity contribution in [3.63, 3.8) is 0 Å². The third kappa shape index (κ3) is 3.79. The largest absolute Gasteiger partial charge is 0.494 e. The fourth-order valence-corrected chi connectivity index (χ4v) is 2.92. The third-order valence-electron chi connectivity index (χ3n) is 4.40. The fourth-order valence-electron chi connectivity index (χ4n) is 2.92. The first-order valence-corrected chi connectivity index (χ1v) is 8.08. The molecule has 1 aromatic heterocycles. The minimum atomic E-state index is -0.467. The van der Waals surface area contributed by atoms with E-state index in [2.05, 4.69) is 15.0 Å². The van der Waals surface area contributed by atoms with Gasteiger partial charge in [0.05, 0.1) is 13.5 Å². The maximum atomic E-state index is 13.8. The molecule has 0 radical (unpaired) electrons. The number of rotatable bonds is 4. The zero-order valence-electron chi connectivity index (χ0n) is 14.5. The molecular weight excluding hydrogens is 327 g/mol. The molecule has 25 heavy (non-hydrogen) atoms. The summed E-state index contributed by atoms with van der Waals surface area (Å²) in [6.07, 6.45) is 0.139. The number of piperazine rings is 1. The summed E-state index contributed by atoms with van der Waals surface area (Å²) in [6.45, 7) is 3.54. The Morgan fingerprint density at radius 2 is 2.24 bits per heavy atom. The zero-order valence-corrected chi connectivity index (χ0v) is 14.5. The molecule has 0 aliphatic carbocycles. The second kappa shape index (κ2) is 7.18. The Hall–Kier alpha value is -2.48. The molecule has 0 N–H and O–H groups in total. The van der Waals surface area contributed by atoms with Gasteiger partial charge in [-0.1, -0.05) is 11.2 Å². The Bertz CT molecular complexity index is 764. The van der Waals surface area contributed by atoms with Crippen molar-refractivity contribution in [2.24, 2.45) is 0 Å². The van der Waals surface area contributed by atoms with E-state index in [-0.39, 0.29) is 24.1 Å². The predicted molar refractivity (Wildman–Crippen MR) is 87.6 cm³/mol. The van der Waals surface area contributed by atoms with Gasteiger partial charge in [0.15, 0.2) is 17.4 Å². The van der Waals surface area contributed by atoms with Gasteiger partial charge in [0, 0.05) is 19.6 Å². The van der Waals surface area contributed by atoms with Crippen LogP contribution in [0.4, 0.5) is 4.39 Å². The molecule has 0 spiro atoms. The van der Waals surface area contributed by atoms with E-state index in [9.17, 15) is 9.18 Å². The Kier molecular flexibility index (Phi) is 4.98. The monoisotopic (exact) mass is 348 g/mol. The summed E-state index contributed by atoms with van der Waals surface area (Å²) in [5, 5.41) is 3.82. The van der Waals surface area contributed by atoms with E-state index in [4.69, 9.17) is 9.26 Å². The number of carbonyl (C=O) groups excluding carboxylic acids is 1. The first-order chi connectivity index (χ1) is 12.0. The van der Waals surface area contributed by atoms with Gasteiger partial charge in [-0.3, -0.25) is 9.69 Å². The molecule has 134 valence electrons. The van der Waals surface area contributed by atoms with Gasteiger partial charge in [0.1, 0.15) is 6.04 Å². The number of amides is 1. The van der Waals surface area contributed by atoms with E-state index in [0.717, 1.165) is 0 Å². The molecule has 1 amide bonds. The molecular formula is C17H21FN4O3. The zero-order chi connectivity index (χ0) is 18.0. The van der Waals surface area contributed by atoms with Gasteiger partial charge in [-0.15, -0.1) is 0 Å². The highest BCUT2D eigenvalue weighted by atomic mass is 19.1. The average molecular weight is 348 g/mol. The van der Waals surface area contributed by atoms with Crippen LogP contribution >= 0.6 is 0 Å². The first kappa shape index (κ1) is 17.3. The van der Waals surface area contributed by atoms with E-state index in [1.54, 1.807) is 17.9 Å². The number of ether oxygens (including phenoxy) is 1. The first-order valence-electron chi connectivity index (χ1n) is 8.08. The summed E-state index contributed by atoms with van der Waals surface area (Å²) in [4.78, 5) is 20.7. The Labute approximate surface area is 145 Å². The summed E-state index contributed by atoms with van der Waals surface area (Å²) >= 11 is 0. The van der Waals surface area contributed by atoms with Crippen LogP contribution in [0.1, 0.15) is 23.3 Å².